The quantitative estimate of drug-likeness (QED) is 0.289. The van der Waals surface area contributed by atoms with Crippen LogP contribution in [0.25, 0.3) is 10.9 Å². The molecule has 3 aliphatic heterocycles. The van der Waals surface area contributed by atoms with Crippen molar-refractivity contribution in [2.75, 3.05) is 15.5 Å². The van der Waals surface area contributed by atoms with Gasteiger partial charge in [-0.25, -0.2) is 4.90 Å². The average Bonchev–Trinajstić information content (AvgIpc) is 3.66. The number of rotatable bonds is 4. The Balaban J connectivity index is 1.35. The summed E-state index contributed by atoms with van der Waals surface area (Å²) in [5.41, 5.74) is 4.94. The molecule has 9 nitrogen and oxygen atoms in total. The third-order valence-corrected chi connectivity index (χ3v) is 8.98. The van der Waals surface area contributed by atoms with Gasteiger partial charge in [0.15, 0.2) is 0 Å². The summed E-state index contributed by atoms with van der Waals surface area (Å²) in [6.45, 7) is 5.35. The van der Waals surface area contributed by atoms with Gasteiger partial charge in [0.25, 0.3) is 0 Å². The summed E-state index contributed by atoms with van der Waals surface area (Å²) in [6.07, 6.45) is 2.39. The van der Waals surface area contributed by atoms with Gasteiger partial charge in [0.2, 0.25) is 23.6 Å². The lowest BCUT2D eigenvalue weighted by molar-refractivity contribution is -0.130. The van der Waals surface area contributed by atoms with Crippen LogP contribution in [0.15, 0.2) is 66.9 Å². The van der Waals surface area contributed by atoms with E-state index in [-0.39, 0.29) is 17.7 Å². The predicted molar refractivity (Wildman–Crippen MR) is 155 cm³/mol. The van der Waals surface area contributed by atoms with Crippen LogP contribution in [-0.4, -0.2) is 34.7 Å². The minimum absolute atomic E-state index is 0.217. The van der Waals surface area contributed by atoms with E-state index in [4.69, 9.17) is 0 Å². The van der Waals surface area contributed by atoms with E-state index in [0.717, 1.165) is 27.6 Å². The number of aromatic nitrogens is 1. The van der Waals surface area contributed by atoms with Gasteiger partial charge in [-0.1, -0.05) is 30.3 Å². The molecule has 4 aromatic rings. The molecular formula is C32H29N5O4. The normalized spacial score (nSPS) is 24.7. The van der Waals surface area contributed by atoms with E-state index in [9.17, 15) is 19.2 Å². The van der Waals surface area contributed by atoms with Crippen molar-refractivity contribution >= 4 is 51.6 Å². The van der Waals surface area contributed by atoms with Crippen LogP contribution in [-0.2, 0) is 31.1 Å². The standard InChI is InChI=1S/C32H29N5O4/c1-16-8-13-23-28(17(16)2)35-31(41)32(23)27-26(25(36-32)14-19-15-33-24-7-5-4-6-22(19)24)29(39)37(30(27)40)21-11-9-20(10-12-21)34-18(3)38/h4-13,15,25-27,33,36H,14H2,1-3H3,(H,34,38)(H,35,41)/t25?,26-,27+,32?/m1/s1. The zero-order valence-electron chi connectivity index (χ0n) is 22.9. The number of aromatic amines is 1. The molecule has 1 spiro atoms. The molecule has 3 aromatic carbocycles. The zero-order valence-corrected chi connectivity index (χ0v) is 22.9. The second-order valence-electron chi connectivity index (χ2n) is 11.3. The van der Waals surface area contributed by atoms with E-state index in [1.165, 1.54) is 11.8 Å². The lowest BCUT2D eigenvalue weighted by Gasteiger charge is -2.29. The number of hydrogen-bond acceptors (Lipinski definition) is 5. The number of H-pyrrole nitrogens is 1. The Morgan fingerprint density at radius 1 is 0.976 bits per heavy atom. The highest BCUT2D eigenvalue weighted by Crippen LogP contribution is 2.54. The van der Waals surface area contributed by atoms with Crippen molar-refractivity contribution < 1.29 is 19.2 Å². The number of benzene rings is 3. The van der Waals surface area contributed by atoms with Gasteiger partial charge in [-0.15, -0.1) is 0 Å². The molecule has 4 N–H and O–H groups in total. The maximum absolute atomic E-state index is 14.3. The summed E-state index contributed by atoms with van der Waals surface area (Å²) < 4.78 is 0. The first-order valence-electron chi connectivity index (χ1n) is 13.7. The van der Waals surface area contributed by atoms with Crippen LogP contribution in [0.4, 0.5) is 17.1 Å². The molecule has 0 bridgehead atoms. The van der Waals surface area contributed by atoms with Crippen molar-refractivity contribution in [2.45, 2.75) is 38.8 Å². The van der Waals surface area contributed by atoms with E-state index in [1.54, 1.807) is 24.3 Å². The van der Waals surface area contributed by atoms with E-state index in [0.29, 0.717) is 29.0 Å². The summed E-state index contributed by atoms with van der Waals surface area (Å²) in [5, 5.41) is 10.3. The Hall–Kier alpha value is -4.76. The van der Waals surface area contributed by atoms with Crippen molar-refractivity contribution in [3.8, 4) is 0 Å². The number of fused-ring (bicyclic) bond motifs is 5. The van der Waals surface area contributed by atoms with Gasteiger partial charge in [-0.2, -0.15) is 0 Å². The molecule has 2 unspecified atom stereocenters. The monoisotopic (exact) mass is 547 g/mol. The molecule has 4 atom stereocenters. The molecule has 41 heavy (non-hydrogen) atoms. The van der Waals surface area contributed by atoms with Gasteiger partial charge in [0.05, 0.1) is 17.5 Å². The Bertz CT molecular complexity index is 1790. The van der Waals surface area contributed by atoms with Gasteiger partial charge >= 0.3 is 0 Å². The highest BCUT2D eigenvalue weighted by molar-refractivity contribution is 6.26. The molecular weight excluding hydrogens is 518 g/mol. The van der Waals surface area contributed by atoms with Crippen molar-refractivity contribution in [2.24, 2.45) is 11.8 Å². The molecule has 0 aliphatic carbocycles. The molecule has 7 rings (SSSR count). The van der Waals surface area contributed by atoms with Crippen molar-refractivity contribution in [1.29, 1.82) is 0 Å². The number of amides is 4. The molecule has 206 valence electrons. The lowest BCUT2D eigenvalue weighted by Crippen LogP contribution is -2.53. The molecule has 2 fully saturated rings. The number of nitrogens with zero attached hydrogens (tertiary/aromatic N) is 1. The highest BCUT2D eigenvalue weighted by Gasteiger charge is 2.70. The zero-order chi connectivity index (χ0) is 28.6. The van der Waals surface area contributed by atoms with Gasteiger partial charge in [0.1, 0.15) is 5.54 Å². The van der Waals surface area contributed by atoms with Crippen LogP contribution < -0.4 is 20.9 Å². The van der Waals surface area contributed by atoms with E-state index in [2.05, 4.69) is 20.9 Å². The Morgan fingerprint density at radius 2 is 1.73 bits per heavy atom. The number of nitrogens with one attached hydrogen (secondary N) is 4. The number of aryl methyl sites for hydroxylation is 1. The summed E-state index contributed by atoms with van der Waals surface area (Å²) in [4.78, 5) is 58.4. The average molecular weight is 548 g/mol. The first kappa shape index (κ1) is 25.2. The number of hydrogen-bond donors (Lipinski definition) is 4. The minimum Gasteiger partial charge on any atom is -0.361 e. The van der Waals surface area contributed by atoms with Crippen LogP contribution in [0, 0.1) is 25.7 Å². The first-order valence-corrected chi connectivity index (χ1v) is 13.7. The summed E-state index contributed by atoms with van der Waals surface area (Å²) in [5.74, 6) is -2.98. The molecule has 0 saturated carbocycles. The Kier molecular flexibility index (Phi) is 5.46. The molecule has 4 heterocycles. The van der Waals surface area contributed by atoms with Crippen molar-refractivity contribution in [3.05, 3.63) is 89.1 Å². The molecule has 3 aliphatic rings. The number of carbonyl (C=O) groups excluding carboxylic acids is 4. The fourth-order valence-corrected chi connectivity index (χ4v) is 6.98. The fourth-order valence-electron chi connectivity index (χ4n) is 6.98. The van der Waals surface area contributed by atoms with Gasteiger partial charge in [0, 0.05) is 47.0 Å². The SMILES string of the molecule is CC(=O)Nc1ccc(N2C(=O)[C@@H]3C(Cc4c[nH]c5ccccc45)NC4(C(=O)Nc5c4ccc(C)c5C)[C@@H]3C2=O)cc1. The Labute approximate surface area is 236 Å². The third kappa shape index (κ3) is 3.52. The minimum atomic E-state index is -1.38. The lowest BCUT2D eigenvalue weighted by atomic mass is 9.75. The number of carbonyl (C=O) groups is 4. The van der Waals surface area contributed by atoms with Gasteiger partial charge in [-0.3, -0.25) is 24.5 Å². The Morgan fingerprint density at radius 3 is 2.49 bits per heavy atom. The van der Waals surface area contributed by atoms with E-state index >= 15 is 0 Å². The number of imide groups is 1. The van der Waals surface area contributed by atoms with Crippen LogP contribution in [0.1, 0.15) is 29.2 Å². The maximum Gasteiger partial charge on any atom is 0.250 e. The highest BCUT2D eigenvalue weighted by atomic mass is 16.2. The van der Waals surface area contributed by atoms with Gasteiger partial charge in [-0.05, 0) is 67.3 Å². The summed E-state index contributed by atoms with van der Waals surface area (Å²) in [6, 6.07) is 17.9. The molecule has 2 saturated heterocycles. The summed E-state index contributed by atoms with van der Waals surface area (Å²) >= 11 is 0. The molecule has 1 aromatic heterocycles. The van der Waals surface area contributed by atoms with Crippen LogP contribution in [0.5, 0.6) is 0 Å². The number of para-hydroxylation sites is 1. The maximum atomic E-state index is 14.3. The summed E-state index contributed by atoms with van der Waals surface area (Å²) in [7, 11) is 0. The molecule has 9 heteroatoms. The van der Waals surface area contributed by atoms with Crippen molar-refractivity contribution in [3.63, 3.8) is 0 Å². The van der Waals surface area contributed by atoms with Crippen LogP contribution in [0.2, 0.25) is 0 Å². The second-order valence-corrected chi connectivity index (χ2v) is 11.3. The fraction of sp³-hybridized carbons (Fsp3) is 0.250. The molecule has 4 amide bonds. The van der Waals surface area contributed by atoms with E-state index in [1.807, 2.05) is 56.4 Å². The molecule has 0 radical (unpaired) electrons. The van der Waals surface area contributed by atoms with E-state index < -0.39 is 29.3 Å². The topological polar surface area (TPSA) is 123 Å². The first-order chi connectivity index (χ1) is 19.7. The smallest absolute Gasteiger partial charge is 0.250 e. The van der Waals surface area contributed by atoms with Crippen molar-refractivity contribution in [1.82, 2.24) is 10.3 Å². The number of anilines is 3. The van der Waals surface area contributed by atoms with Crippen LogP contribution in [0.3, 0.4) is 0 Å². The van der Waals surface area contributed by atoms with Crippen LogP contribution >= 0.6 is 0 Å². The predicted octanol–water partition coefficient (Wildman–Crippen LogP) is 3.91. The van der Waals surface area contributed by atoms with Gasteiger partial charge < -0.3 is 15.6 Å². The second kappa shape index (κ2) is 8.87. The third-order valence-electron chi connectivity index (χ3n) is 8.98. The largest absolute Gasteiger partial charge is 0.361 e.